The van der Waals surface area contributed by atoms with Gasteiger partial charge >= 0.3 is 18.2 Å². The van der Waals surface area contributed by atoms with Crippen molar-refractivity contribution in [1.82, 2.24) is 24.9 Å². The van der Waals surface area contributed by atoms with Crippen LogP contribution in [0.5, 0.6) is 0 Å². The predicted molar refractivity (Wildman–Crippen MR) is 112 cm³/mol. The van der Waals surface area contributed by atoms with Gasteiger partial charge < -0.3 is 19.4 Å². The Morgan fingerprint density at radius 2 is 1.91 bits per heavy atom. The Labute approximate surface area is 189 Å². The lowest BCUT2D eigenvalue weighted by molar-refractivity contribution is -0.192. The molecule has 9 nitrogen and oxygen atoms in total. The molecule has 0 unspecified atom stereocenters. The number of pyridine rings is 1. The number of carboxylic acids is 1. The number of carbonyl (C=O) groups is 2. The van der Waals surface area contributed by atoms with E-state index in [1.165, 1.54) is 0 Å². The van der Waals surface area contributed by atoms with Crippen LogP contribution in [0, 0.1) is 6.92 Å². The van der Waals surface area contributed by atoms with Gasteiger partial charge in [0.25, 0.3) is 0 Å². The van der Waals surface area contributed by atoms with Crippen LogP contribution in [0.3, 0.4) is 0 Å². The summed E-state index contributed by atoms with van der Waals surface area (Å²) in [5, 5.41) is 11.2. The maximum Gasteiger partial charge on any atom is 0.490 e. The number of urea groups is 1. The van der Waals surface area contributed by atoms with Crippen molar-refractivity contribution < 1.29 is 32.4 Å². The highest BCUT2D eigenvalue weighted by Gasteiger charge is 2.38. The number of likely N-dealkylation sites (tertiary alicyclic amines) is 1. The Bertz CT molecular complexity index is 940. The highest BCUT2D eigenvalue weighted by molar-refractivity contribution is 5.75. The van der Waals surface area contributed by atoms with Gasteiger partial charge in [0.2, 0.25) is 11.7 Å². The Hall–Kier alpha value is -3.18. The van der Waals surface area contributed by atoms with Crippen molar-refractivity contribution in [3.63, 3.8) is 0 Å². The summed E-state index contributed by atoms with van der Waals surface area (Å²) < 4.78 is 37.2. The minimum atomic E-state index is -5.08. The minimum absolute atomic E-state index is 0.122. The number of carboxylic acid groups (broad SMARTS) is 1. The molecule has 0 atom stereocenters. The SMILES string of the molecule is CCN(C(=O)N1CCC(c2nc(-c3ncccc3C)no2)CC1)C(C)C.O=C(O)C(F)(F)F. The number of rotatable bonds is 4. The molecular weight excluding hydrogens is 443 g/mol. The lowest BCUT2D eigenvalue weighted by Gasteiger charge is -2.36. The molecule has 2 aromatic rings. The monoisotopic (exact) mass is 471 g/mol. The first-order valence-electron chi connectivity index (χ1n) is 10.6. The number of hydrogen-bond acceptors (Lipinski definition) is 6. The molecule has 0 bridgehead atoms. The van der Waals surface area contributed by atoms with Gasteiger partial charge in [-0.05, 0) is 52.2 Å². The minimum Gasteiger partial charge on any atom is -0.475 e. The number of hydrogen-bond donors (Lipinski definition) is 1. The summed E-state index contributed by atoms with van der Waals surface area (Å²) >= 11 is 0. The zero-order valence-electron chi connectivity index (χ0n) is 19.0. The molecule has 1 aliphatic rings. The second-order valence-electron chi connectivity index (χ2n) is 7.85. The molecule has 0 radical (unpaired) electrons. The fourth-order valence-electron chi connectivity index (χ4n) is 3.44. The van der Waals surface area contributed by atoms with E-state index in [0.717, 1.165) is 30.6 Å². The number of carbonyl (C=O) groups excluding carboxylic acids is 1. The number of alkyl halides is 3. The van der Waals surface area contributed by atoms with Crippen LogP contribution in [0.4, 0.5) is 18.0 Å². The number of nitrogens with zero attached hydrogens (tertiary/aromatic N) is 5. The molecule has 3 rings (SSSR count). The lowest BCUT2D eigenvalue weighted by atomic mass is 9.97. The lowest BCUT2D eigenvalue weighted by Crippen LogP contribution is -2.48. The third kappa shape index (κ3) is 6.90. The predicted octanol–water partition coefficient (Wildman–Crippen LogP) is 4.10. The first-order chi connectivity index (χ1) is 15.5. The number of piperidine rings is 1. The average Bonchev–Trinajstić information content (AvgIpc) is 3.24. The molecule has 0 spiro atoms. The van der Waals surface area contributed by atoms with Crippen molar-refractivity contribution in [1.29, 1.82) is 0 Å². The zero-order valence-corrected chi connectivity index (χ0v) is 19.0. The summed E-state index contributed by atoms with van der Waals surface area (Å²) in [4.78, 5) is 34.3. The Kier molecular flexibility index (Phi) is 8.77. The fraction of sp³-hybridized carbons (Fsp3) is 0.571. The largest absolute Gasteiger partial charge is 0.490 e. The van der Waals surface area contributed by atoms with Crippen LogP contribution in [0.25, 0.3) is 11.5 Å². The Morgan fingerprint density at radius 1 is 1.30 bits per heavy atom. The molecule has 1 aliphatic heterocycles. The van der Waals surface area contributed by atoms with E-state index in [4.69, 9.17) is 14.4 Å². The van der Waals surface area contributed by atoms with Gasteiger partial charge in [0, 0.05) is 37.8 Å². The number of aromatic nitrogens is 3. The van der Waals surface area contributed by atoms with Gasteiger partial charge in [-0.25, -0.2) is 9.59 Å². The van der Waals surface area contributed by atoms with E-state index in [1.807, 2.05) is 49.6 Å². The zero-order chi connectivity index (χ0) is 24.8. The van der Waals surface area contributed by atoms with E-state index in [2.05, 4.69) is 15.1 Å². The summed E-state index contributed by atoms with van der Waals surface area (Å²) in [6, 6.07) is 4.21. The van der Waals surface area contributed by atoms with Crippen LogP contribution in [-0.4, -0.2) is 73.9 Å². The first kappa shape index (κ1) is 26.1. The number of halogens is 3. The maximum absolute atomic E-state index is 12.6. The number of aliphatic carboxylic acids is 1. The molecule has 0 aromatic carbocycles. The quantitative estimate of drug-likeness (QED) is 0.714. The van der Waals surface area contributed by atoms with Crippen LogP contribution in [0.15, 0.2) is 22.9 Å². The van der Waals surface area contributed by atoms with Crippen molar-refractivity contribution in [2.75, 3.05) is 19.6 Å². The molecule has 1 fully saturated rings. The highest BCUT2D eigenvalue weighted by atomic mass is 19.4. The summed E-state index contributed by atoms with van der Waals surface area (Å²) in [5.74, 6) is -1.38. The van der Waals surface area contributed by atoms with Gasteiger partial charge in [0.1, 0.15) is 5.69 Å². The van der Waals surface area contributed by atoms with Crippen LogP contribution in [0.1, 0.15) is 51.0 Å². The molecule has 33 heavy (non-hydrogen) atoms. The molecule has 0 saturated carbocycles. The topological polar surface area (TPSA) is 113 Å². The Balaban J connectivity index is 0.000000479. The van der Waals surface area contributed by atoms with Crippen molar-refractivity contribution in [2.45, 2.75) is 58.7 Å². The molecule has 3 heterocycles. The first-order valence-corrected chi connectivity index (χ1v) is 10.6. The molecule has 0 aliphatic carbocycles. The number of aryl methyl sites for hydroxylation is 1. The standard InChI is InChI=1S/C19H27N5O2.C2HF3O2/c1-5-24(13(2)3)19(25)23-11-8-15(9-12-23)18-21-17(22-26-18)16-14(4)7-6-10-20-16;3-2(4,5)1(6)7/h6-7,10,13,15H,5,8-9,11-12H2,1-4H3;(H,6,7). The van der Waals surface area contributed by atoms with Gasteiger partial charge in [-0.15, -0.1) is 0 Å². The fourth-order valence-corrected chi connectivity index (χ4v) is 3.44. The highest BCUT2D eigenvalue weighted by Crippen LogP contribution is 2.29. The van der Waals surface area contributed by atoms with Crippen LogP contribution >= 0.6 is 0 Å². The van der Waals surface area contributed by atoms with E-state index < -0.39 is 12.1 Å². The van der Waals surface area contributed by atoms with E-state index in [-0.39, 0.29) is 18.0 Å². The van der Waals surface area contributed by atoms with E-state index in [9.17, 15) is 18.0 Å². The van der Waals surface area contributed by atoms with Crippen LogP contribution in [0.2, 0.25) is 0 Å². The maximum atomic E-state index is 12.6. The summed E-state index contributed by atoms with van der Waals surface area (Å²) in [6.07, 6.45) is -1.68. The normalized spacial score (nSPS) is 14.6. The van der Waals surface area contributed by atoms with Crippen molar-refractivity contribution >= 4 is 12.0 Å². The second kappa shape index (κ2) is 11.1. The Morgan fingerprint density at radius 3 is 2.39 bits per heavy atom. The average molecular weight is 471 g/mol. The third-order valence-corrected chi connectivity index (χ3v) is 5.23. The molecule has 2 amide bonds. The van der Waals surface area contributed by atoms with E-state index in [0.29, 0.717) is 24.8 Å². The van der Waals surface area contributed by atoms with E-state index in [1.54, 1.807) is 6.20 Å². The summed E-state index contributed by atoms with van der Waals surface area (Å²) in [5.41, 5.74) is 1.78. The van der Waals surface area contributed by atoms with Crippen LogP contribution < -0.4 is 0 Å². The van der Waals surface area contributed by atoms with Crippen LogP contribution in [-0.2, 0) is 4.79 Å². The summed E-state index contributed by atoms with van der Waals surface area (Å²) in [6.45, 7) is 10.3. The van der Waals surface area contributed by atoms with Crippen molar-refractivity contribution in [2.24, 2.45) is 0 Å². The van der Waals surface area contributed by atoms with Crippen molar-refractivity contribution in [3.8, 4) is 11.5 Å². The van der Waals surface area contributed by atoms with E-state index >= 15 is 0 Å². The van der Waals surface area contributed by atoms with Crippen molar-refractivity contribution in [3.05, 3.63) is 29.8 Å². The molecule has 2 aromatic heterocycles. The van der Waals surface area contributed by atoms with Gasteiger partial charge in [0.05, 0.1) is 0 Å². The van der Waals surface area contributed by atoms with Gasteiger partial charge in [-0.1, -0.05) is 11.2 Å². The van der Waals surface area contributed by atoms with Gasteiger partial charge in [-0.2, -0.15) is 18.2 Å². The molecule has 12 heteroatoms. The molecule has 182 valence electrons. The second-order valence-corrected chi connectivity index (χ2v) is 7.85. The third-order valence-electron chi connectivity index (χ3n) is 5.23. The number of amides is 2. The van der Waals surface area contributed by atoms with Gasteiger partial charge in [-0.3, -0.25) is 4.98 Å². The molecular formula is C21H28F3N5O4. The van der Waals surface area contributed by atoms with Gasteiger partial charge in [0.15, 0.2) is 0 Å². The smallest absolute Gasteiger partial charge is 0.475 e. The molecule has 1 N–H and O–H groups in total. The summed E-state index contributed by atoms with van der Waals surface area (Å²) in [7, 11) is 0. The molecule has 1 saturated heterocycles.